The molecule has 0 unspecified atom stereocenters. The number of aromatic amines is 1. The molecular formula is C19H26N2. The molecule has 1 aromatic heterocycles. The molecule has 2 heteroatoms. The first kappa shape index (κ1) is 13.4. The van der Waals surface area contributed by atoms with Gasteiger partial charge in [0.25, 0.3) is 0 Å². The quantitative estimate of drug-likeness (QED) is 0.881. The van der Waals surface area contributed by atoms with Crippen LogP contribution in [0.2, 0.25) is 0 Å². The van der Waals surface area contributed by atoms with Gasteiger partial charge in [0.1, 0.15) is 0 Å². The Kier molecular flexibility index (Phi) is 3.11. The molecule has 1 fully saturated rings. The van der Waals surface area contributed by atoms with Crippen molar-refractivity contribution in [1.82, 2.24) is 9.88 Å². The first-order valence-electron chi connectivity index (χ1n) is 8.57. The second-order valence-electron chi connectivity index (χ2n) is 7.21. The number of hydrogen-bond donors (Lipinski definition) is 1. The normalized spacial score (nSPS) is 28.8. The highest BCUT2D eigenvalue weighted by atomic mass is 15.2. The van der Waals surface area contributed by atoms with E-state index in [0.717, 1.165) is 5.92 Å². The second kappa shape index (κ2) is 4.88. The number of unbranched alkanes of at least 4 members (excludes halogenated alkanes) is 1. The molecule has 112 valence electrons. The van der Waals surface area contributed by atoms with Crippen LogP contribution in [0, 0.1) is 5.92 Å². The predicted molar refractivity (Wildman–Crippen MR) is 88.6 cm³/mol. The Morgan fingerprint density at radius 3 is 3.05 bits per heavy atom. The minimum atomic E-state index is 0.241. The fourth-order valence-electron chi connectivity index (χ4n) is 4.72. The standard InChI is InChI=1S/C19H26N2/c1-3-4-7-14-12-19(2)18-16(10-11-21(19)13-14)15-8-5-6-9-17(15)20-18/h5-6,8-9,14,20H,3-4,7,10-13H2,1-2H3/t14-,19+/m0/s1. The van der Waals surface area contributed by atoms with Crippen molar-refractivity contribution in [3.8, 4) is 0 Å². The Labute approximate surface area is 127 Å². The van der Waals surface area contributed by atoms with Crippen LogP contribution in [0.15, 0.2) is 24.3 Å². The minimum absolute atomic E-state index is 0.241. The summed E-state index contributed by atoms with van der Waals surface area (Å²) in [5.41, 5.74) is 4.65. The minimum Gasteiger partial charge on any atom is -0.357 e. The van der Waals surface area contributed by atoms with Crippen molar-refractivity contribution in [1.29, 1.82) is 0 Å². The van der Waals surface area contributed by atoms with E-state index in [9.17, 15) is 0 Å². The summed E-state index contributed by atoms with van der Waals surface area (Å²) in [6.45, 7) is 7.30. The van der Waals surface area contributed by atoms with E-state index in [1.54, 1.807) is 5.56 Å². The molecule has 0 amide bonds. The van der Waals surface area contributed by atoms with Gasteiger partial charge in [0.05, 0.1) is 5.54 Å². The number of hydrogen-bond acceptors (Lipinski definition) is 1. The SMILES string of the molecule is CCCC[C@@H]1CN2CCc3c([nH]c4ccccc34)[C@@]2(C)C1. The van der Waals surface area contributed by atoms with E-state index in [2.05, 4.69) is 48.0 Å². The Balaban J connectivity index is 1.73. The van der Waals surface area contributed by atoms with Gasteiger partial charge in [0.15, 0.2) is 0 Å². The van der Waals surface area contributed by atoms with E-state index in [1.807, 2.05) is 0 Å². The first-order chi connectivity index (χ1) is 10.2. The van der Waals surface area contributed by atoms with Crippen LogP contribution in [0.4, 0.5) is 0 Å². The maximum atomic E-state index is 3.76. The zero-order valence-electron chi connectivity index (χ0n) is 13.3. The molecule has 1 saturated heterocycles. The molecule has 2 atom stereocenters. The number of aromatic nitrogens is 1. The van der Waals surface area contributed by atoms with E-state index in [1.165, 1.54) is 61.8 Å². The van der Waals surface area contributed by atoms with Gasteiger partial charge in [-0.1, -0.05) is 38.0 Å². The fourth-order valence-corrected chi connectivity index (χ4v) is 4.72. The molecule has 2 nitrogen and oxygen atoms in total. The van der Waals surface area contributed by atoms with Gasteiger partial charge in [-0.05, 0) is 43.7 Å². The van der Waals surface area contributed by atoms with Crippen molar-refractivity contribution in [3.05, 3.63) is 35.5 Å². The highest BCUT2D eigenvalue weighted by Gasteiger charge is 2.47. The maximum absolute atomic E-state index is 3.76. The second-order valence-corrected chi connectivity index (χ2v) is 7.21. The van der Waals surface area contributed by atoms with Crippen molar-refractivity contribution < 1.29 is 0 Å². The van der Waals surface area contributed by atoms with Crippen molar-refractivity contribution in [2.45, 2.75) is 51.5 Å². The summed E-state index contributed by atoms with van der Waals surface area (Å²) in [5.74, 6) is 0.882. The number of benzene rings is 1. The Morgan fingerprint density at radius 2 is 2.19 bits per heavy atom. The van der Waals surface area contributed by atoms with Crippen LogP contribution in [0.5, 0.6) is 0 Å². The van der Waals surface area contributed by atoms with Crippen LogP contribution in [0.3, 0.4) is 0 Å². The largest absolute Gasteiger partial charge is 0.357 e. The van der Waals surface area contributed by atoms with Crippen molar-refractivity contribution in [3.63, 3.8) is 0 Å². The van der Waals surface area contributed by atoms with E-state index in [4.69, 9.17) is 0 Å². The average Bonchev–Trinajstić information content (AvgIpc) is 3.03. The van der Waals surface area contributed by atoms with Gasteiger partial charge in [-0.2, -0.15) is 0 Å². The van der Waals surface area contributed by atoms with Crippen molar-refractivity contribution in [2.75, 3.05) is 13.1 Å². The number of nitrogens with zero attached hydrogens (tertiary/aromatic N) is 1. The number of para-hydroxylation sites is 1. The van der Waals surface area contributed by atoms with Gasteiger partial charge < -0.3 is 4.98 Å². The summed E-state index contributed by atoms with van der Waals surface area (Å²) in [4.78, 5) is 6.50. The summed E-state index contributed by atoms with van der Waals surface area (Å²) in [7, 11) is 0. The zero-order chi connectivity index (χ0) is 14.4. The lowest BCUT2D eigenvalue weighted by Crippen LogP contribution is -2.44. The topological polar surface area (TPSA) is 19.0 Å². The summed E-state index contributed by atoms with van der Waals surface area (Å²) >= 11 is 0. The van der Waals surface area contributed by atoms with Crippen LogP contribution in [0.1, 0.15) is 50.8 Å². The highest BCUT2D eigenvalue weighted by Crippen LogP contribution is 2.47. The fraction of sp³-hybridized carbons (Fsp3) is 0.579. The summed E-state index contributed by atoms with van der Waals surface area (Å²) in [6, 6.07) is 8.82. The van der Waals surface area contributed by atoms with Gasteiger partial charge in [0.2, 0.25) is 0 Å². The van der Waals surface area contributed by atoms with E-state index in [-0.39, 0.29) is 5.54 Å². The third kappa shape index (κ3) is 1.96. The van der Waals surface area contributed by atoms with Gasteiger partial charge in [-0.25, -0.2) is 0 Å². The van der Waals surface area contributed by atoms with Crippen LogP contribution in [-0.2, 0) is 12.0 Å². The Hall–Kier alpha value is -1.28. The van der Waals surface area contributed by atoms with Gasteiger partial charge in [-0.3, -0.25) is 4.90 Å². The van der Waals surface area contributed by atoms with E-state index < -0.39 is 0 Å². The number of fused-ring (bicyclic) bond motifs is 5. The molecule has 4 rings (SSSR count). The molecular weight excluding hydrogens is 256 g/mol. The molecule has 21 heavy (non-hydrogen) atoms. The predicted octanol–water partition coefficient (Wildman–Crippen LogP) is 4.45. The smallest absolute Gasteiger partial charge is 0.0589 e. The van der Waals surface area contributed by atoms with Gasteiger partial charge >= 0.3 is 0 Å². The Morgan fingerprint density at radius 1 is 1.33 bits per heavy atom. The van der Waals surface area contributed by atoms with Gasteiger partial charge in [0, 0.05) is 29.7 Å². The summed E-state index contributed by atoms with van der Waals surface area (Å²) < 4.78 is 0. The molecule has 0 aliphatic carbocycles. The molecule has 0 spiro atoms. The first-order valence-corrected chi connectivity index (χ1v) is 8.57. The third-order valence-corrected chi connectivity index (χ3v) is 5.81. The number of rotatable bonds is 3. The average molecular weight is 282 g/mol. The third-order valence-electron chi connectivity index (χ3n) is 5.81. The molecule has 1 N–H and O–H groups in total. The number of nitrogens with one attached hydrogen (secondary N) is 1. The molecule has 1 aromatic carbocycles. The molecule has 3 heterocycles. The lowest BCUT2D eigenvalue weighted by Gasteiger charge is -2.39. The molecule has 2 aliphatic rings. The van der Waals surface area contributed by atoms with Gasteiger partial charge in [-0.15, -0.1) is 0 Å². The Bertz CT molecular complexity index is 657. The lowest BCUT2D eigenvalue weighted by atomic mass is 9.84. The highest BCUT2D eigenvalue weighted by molar-refractivity contribution is 5.85. The number of H-pyrrole nitrogens is 1. The molecule has 2 aliphatic heterocycles. The van der Waals surface area contributed by atoms with Crippen LogP contribution >= 0.6 is 0 Å². The van der Waals surface area contributed by atoms with Crippen molar-refractivity contribution in [2.24, 2.45) is 5.92 Å². The zero-order valence-corrected chi connectivity index (χ0v) is 13.3. The lowest BCUT2D eigenvalue weighted by molar-refractivity contribution is 0.139. The molecule has 0 saturated carbocycles. The summed E-state index contributed by atoms with van der Waals surface area (Å²) in [5, 5.41) is 1.45. The van der Waals surface area contributed by atoms with Crippen LogP contribution in [-0.4, -0.2) is 23.0 Å². The summed E-state index contributed by atoms with van der Waals surface area (Å²) in [6.07, 6.45) is 6.64. The van der Waals surface area contributed by atoms with Crippen molar-refractivity contribution >= 4 is 10.9 Å². The maximum Gasteiger partial charge on any atom is 0.0589 e. The van der Waals surface area contributed by atoms with E-state index in [0.29, 0.717) is 0 Å². The molecule has 0 radical (unpaired) electrons. The molecule has 2 aromatic rings. The molecule has 0 bridgehead atoms. The van der Waals surface area contributed by atoms with Crippen LogP contribution in [0.25, 0.3) is 10.9 Å². The van der Waals surface area contributed by atoms with Crippen LogP contribution < -0.4 is 0 Å². The van der Waals surface area contributed by atoms with E-state index >= 15 is 0 Å². The monoisotopic (exact) mass is 282 g/mol.